The summed E-state index contributed by atoms with van der Waals surface area (Å²) in [6, 6.07) is 12.2. The summed E-state index contributed by atoms with van der Waals surface area (Å²) >= 11 is 1.19. The number of nitrogens with one attached hydrogen (secondary N) is 1. The number of rotatable bonds is 8. The van der Waals surface area contributed by atoms with Gasteiger partial charge >= 0.3 is 6.18 Å². The Bertz CT molecular complexity index is 1610. The number of carbonyl (C=O) groups is 3. The molecule has 0 bridgehead atoms. The number of imide groups is 1. The standard InChI is InChI=1S/C30H27F3N4O3S/c1-4-18-14-34-36(3)26(18)19-13-25(41-16-19)27(38)35-24(17(2)20-9-7-8-12-23(20)30(31,32)33)15-37-28(39)21-10-5-6-11-22(21)29(37)40/h5-14,16-17,24H,4,15H2,1-3H3,(H,35,38)/t17-,24?/m1/s1. The monoisotopic (exact) mass is 580 g/mol. The summed E-state index contributed by atoms with van der Waals surface area (Å²) in [6.07, 6.45) is -2.11. The molecular formula is C30H27F3N4O3S. The zero-order valence-electron chi connectivity index (χ0n) is 22.5. The highest BCUT2D eigenvalue weighted by Gasteiger charge is 2.40. The fourth-order valence-corrected chi connectivity index (χ4v) is 6.03. The maximum Gasteiger partial charge on any atom is 0.416 e. The van der Waals surface area contributed by atoms with Crippen LogP contribution in [0.5, 0.6) is 0 Å². The first-order chi connectivity index (χ1) is 19.5. The molecule has 0 saturated heterocycles. The van der Waals surface area contributed by atoms with Crippen molar-refractivity contribution in [2.75, 3.05) is 6.54 Å². The van der Waals surface area contributed by atoms with Crippen molar-refractivity contribution in [3.05, 3.63) is 98.9 Å². The maximum atomic E-state index is 13.9. The van der Waals surface area contributed by atoms with E-state index in [1.807, 2.05) is 19.4 Å². The zero-order valence-corrected chi connectivity index (χ0v) is 23.3. The zero-order chi connectivity index (χ0) is 29.5. The van der Waals surface area contributed by atoms with Gasteiger partial charge in [0, 0.05) is 23.9 Å². The number of halogens is 3. The third-order valence-electron chi connectivity index (χ3n) is 7.43. The molecule has 1 aliphatic rings. The van der Waals surface area contributed by atoms with Crippen molar-refractivity contribution in [2.45, 2.75) is 38.4 Å². The van der Waals surface area contributed by atoms with Crippen molar-refractivity contribution in [1.29, 1.82) is 0 Å². The van der Waals surface area contributed by atoms with Gasteiger partial charge in [0.1, 0.15) is 0 Å². The van der Waals surface area contributed by atoms with Crippen molar-refractivity contribution in [1.82, 2.24) is 20.0 Å². The van der Waals surface area contributed by atoms with Crippen molar-refractivity contribution in [2.24, 2.45) is 7.05 Å². The number of fused-ring (bicyclic) bond motifs is 1. The van der Waals surface area contributed by atoms with E-state index in [-0.39, 0.29) is 23.2 Å². The summed E-state index contributed by atoms with van der Waals surface area (Å²) < 4.78 is 43.5. The molecule has 2 aromatic heterocycles. The second-order valence-corrected chi connectivity index (χ2v) is 10.8. The second kappa shape index (κ2) is 11.0. The highest BCUT2D eigenvalue weighted by Crippen LogP contribution is 2.37. The smallest absolute Gasteiger partial charge is 0.346 e. The molecule has 0 radical (unpaired) electrons. The molecule has 41 heavy (non-hydrogen) atoms. The van der Waals surface area contributed by atoms with E-state index in [4.69, 9.17) is 0 Å². The Labute approximate surface area is 238 Å². The van der Waals surface area contributed by atoms with Crippen molar-refractivity contribution in [3.63, 3.8) is 0 Å². The number of nitrogens with zero attached hydrogens (tertiary/aromatic N) is 3. The highest BCUT2D eigenvalue weighted by molar-refractivity contribution is 7.12. The van der Waals surface area contributed by atoms with Crippen LogP contribution in [0.2, 0.25) is 0 Å². The highest BCUT2D eigenvalue weighted by atomic mass is 32.1. The number of carbonyl (C=O) groups excluding carboxylic acids is 3. The SMILES string of the molecule is CCc1cnn(C)c1-c1csc(C(=O)NC(CN2C(=O)c3ccccc3C2=O)[C@H](C)c2ccccc2C(F)(F)F)c1. The molecule has 3 heterocycles. The summed E-state index contributed by atoms with van der Waals surface area (Å²) in [6.45, 7) is 3.26. The number of aryl methyl sites for hydroxylation is 2. The molecule has 3 amide bonds. The van der Waals surface area contributed by atoms with E-state index in [1.54, 1.807) is 36.0 Å². The number of hydrogen-bond donors (Lipinski definition) is 1. The van der Waals surface area contributed by atoms with E-state index in [0.29, 0.717) is 4.88 Å². The number of alkyl halides is 3. The van der Waals surface area contributed by atoms with Crippen LogP contribution in [0.15, 0.2) is 66.2 Å². The largest absolute Gasteiger partial charge is 0.416 e. The van der Waals surface area contributed by atoms with E-state index in [2.05, 4.69) is 10.4 Å². The van der Waals surface area contributed by atoms with Crippen LogP contribution in [0.1, 0.15) is 66.8 Å². The molecular weight excluding hydrogens is 553 g/mol. The molecule has 0 aliphatic carbocycles. The van der Waals surface area contributed by atoms with Crippen LogP contribution in [0.4, 0.5) is 13.2 Å². The lowest BCUT2D eigenvalue weighted by Gasteiger charge is -2.30. The molecule has 0 fully saturated rings. The van der Waals surface area contributed by atoms with Gasteiger partial charge in [-0.3, -0.25) is 24.0 Å². The molecule has 1 aliphatic heterocycles. The summed E-state index contributed by atoms with van der Waals surface area (Å²) in [5.41, 5.74) is 2.24. The molecule has 212 valence electrons. The number of hydrogen-bond acceptors (Lipinski definition) is 5. The van der Waals surface area contributed by atoms with Crippen LogP contribution in [0.3, 0.4) is 0 Å². The Morgan fingerprint density at radius 3 is 2.32 bits per heavy atom. The van der Waals surface area contributed by atoms with E-state index < -0.39 is 41.4 Å². The number of benzene rings is 2. The van der Waals surface area contributed by atoms with Crippen LogP contribution < -0.4 is 5.32 Å². The molecule has 1 unspecified atom stereocenters. The first kappa shape index (κ1) is 28.3. The summed E-state index contributed by atoms with van der Waals surface area (Å²) in [7, 11) is 1.81. The Morgan fingerprint density at radius 1 is 1.05 bits per heavy atom. The average molecular weight is 581 g/mol. The number of amides is 3. The third-order valence-corrected chi connectivity index (χ3v) is 8.36. The molecule has 0 saturated carbocycles. The van der Waals surface area contributed by atoms with E-state index in [9.17, 15) is 27.6 Å². The van der Waals surface area contributed by atoms with Gasteiger partial charge in [-0.25, -0.2) is 0 Å². The van der Waals surface area contributed by atoms with Gasteiger partial charge in [-0.2, -0.15) is 18.3 Å². The van der Waals surface area contributed by atoms with Gasteiger partial charge in [-0.15, -0.1) is 11.3 Å². The van der Waals surface area contributed by atoms with Crippen LogP contribution in [-0.4, -0.2) is 45.0 Å². The van der Waals surface area contributed by atoms with Crippen molar-refractivity contribution >= 4 is 29.1 Å². The molecule has 7 nitrogen and oxygen atoms in total. The lowest BCUT2D eigenvalue weighted by atomic mass is 9.88. The number of thiophene rings is 1. The predicted molar refractivity (Wildman–Crippen MR) is 149 cm³/mol. The van der Waals surface area contributed by atoms with Crippen molar-refractivity contribution < 1.29 is 27.6 Å². The molecule has 4 aromatic rings. The molecule has 2 aromatic carbocycles. The topological polar surface area (TPSA) is 84.3 Å². The van der Waals surface area contributed by atoms with Gasteiger partial charge in [0.05, 0.1) is 46.0 Å². The molecule has 11 heteroatoms. The predicted octanol–water partition coefficient (Wildman–Crippen LogP) is 5.93. The van der Waals surface area contributed by atoms with Gasteiger partial charge in [-0.1, -0.05) is 44.2 Å². The fraction of sp³-hybridized carbons (Fsp3) is 0.267. The average Bonchev–Trinajstić information content (AvgIpc) is 3.65. The lowest BCUT2D eigenvalue weighted by molar-refractivity contribution is -0.138. The quantitative estimate of drug-likeness (QED) is 0.262. The van der Waals surface area contributed by atoms with Crippen LogP contribution in [-0.2, 0) is 19.6 Å². The normalized spacial score (nSPS) is 14.7. The van der Waals surface area contributed by atoms with Gasteiger partial charge in [-0.05, 0) is 41.8 Å². The van der Waals surface area contributed by atoms with Crippen LogP contribution in [0.25, 0.3) is 11.3 Å². The lowest BCUT2D eigenvalue weighted by Crippen LogP contribution is -2.48. The van der Waals surface area contributed by atoms with Gasteiger partial charge in [0.25, 0.3) is 17.7 Å². The van der Waals surface area contributed by atoms with Gasteiger partial charge in [0.2, 0.25) is 0 Å². The molecule has 5 rings (SSSR count). The minimum absolute atomic E-state index is 0.0451. The second-order valence-electron chi connectivity index (χ2n) is 9.92. The van der Waals surface area contributed by atoms with E-state index >= 15 is 0 Å². The van der Waals surface area contributed by atoms with Crippen LogP contribution in [0, 0.1) is 0 Å². The Kier molecular flexibility index (Phi) is 7.56. The van der Waals surface area contributed by atoms with Gasteiger partial charge in [0.15, 0.2) is 0 Å². The molecule has 0 spiro atoms. The summed E-state index contributed by atoms with van der Waals surface area (Å²) in [5.74, 6) is -2.52. The van der Waals surface area contributed by atoms with Crippen molar-refractivity contribution in [3.8, 4) is 11.3 Å². The molecule has 2 atom stereocenters. The van der Waals surface area contributed by atoms with E-state index in [1.165, 1.54) is 41.7 Å². The summed E-state index contributed by atoms with van der Waals surface area (Å²) in [5, 5.41) is 8.97. The third kappa shape index (κ3) is 5.29. The number of aromatic nitrogens is 2. The Morgan fingerprint density at radius 2 is 1.68 bits per heavy atom. The van der Waals surface area contributed by atoms with E-state index in [0.717, 1.165) is 34.2 Å². The first-order valence-corrected chi connectivity index (χ1v) is 13.9. The van der Waals surface area contributed by atoms with Crippen LogP contribution >= 0.6 is 11.3 Å². The first-order valence-electron chi connectivity index (χ1n) is 13.0. The maximum absolute atomic E-state index is 13.9. The van der Waals surface area contributed by atoms with Gasteiger partial charge < -0.3 is 5.32 Å². The fourth-order valence-electron chi connectivity index (χ4n) is 5.23. The Balaban J connectivity index is 1.48. The minimum atomic E-state index is -4.63. The minimum Gasteiger partial charge on any atom is -0.346 e. The molecule has 1 N–H and O–H groups in total. The Hall–Kier alpha value is -4.25. The summed E-state index contributed by atoms with van der Waals surface area (Å²) in [4.78, 5) is 41.1.